The normalized spacial score (nSPS) is 14.0. The number of fused-ring (bicyclic) bond motifs is 1. The molecule has 0 saturated carbocycles. The molecule has 0 saturated heterocycles. The van der Waals surface area contributed by atoms with Gasteiger partial charge in [0.25, 0.3) is 11.7 Å². The quantitative estimate of drug-likeness (QED) is 0.797. The molecule has 0 aliphatic carbocycles. The Kier molecular flexibility index (Phi) is 2.89. The number of hydrogen-bond donors (Lipinski definition) is 0. The van der Waals surface area contributed by atoms with E-state index in [1.54, 1.807) is 15.8 Å². The molecular formula is C15H15N3O2. The van der Waals surface area contributed by atoms with Crippen LogP contribution in [0.4, 0.5) is 5.69 Å². The van der Waals surface area contributed by atoms with Gasteiger partial charge in [-0.25, -0.2) is 0 Å². The fraction of sp³-hybridized carbons (Fsp3) is 0.267. The number of ketones is 1. The summed E-state index contributed by atoms with van der Waals surface area (Å²) in [5.41, 5.74) is 3.18. The van der Waals surface area contributed by atoms with Crippen molar-refractivity contribution >= 4 is 17.4 Å². The van der Waals surface area contributed by atoms with E-state index in [0.717, 1.165) is 16.8 Å². The van der Waals surface area contributed by atoms with Crippen molar-refractivity contribution in [2.75, 3.05) is 11.4 Å². The fourth-order valence-electron chi connectivity index (χ4n) is 2.65. The number of aryl methyl sites for hydroxylation is 2. The van der Waals surface area contributed by atoms with Crippen LogP contribution in [0.5, 0.6) is 0 Å². The second kappa shape index (κ2) is 4.59. The highest BCUT2D eigenvalue weighted by atomic mass is 16.2. The van der Waals surface area contributed by atoms with Crippen LogP contribution in [-0.4, -0.2) is 28.0 Å². The maximum atomic E-state index is 12.1. The SMILES string of the molecule is Cc1cc(C)c2c(c1)N(CCn1cccn1)C(=O)C2=O. The number of nitrogens with zero attached hydrogens (tertiary/aromatic N) is 3. The third-order valence-electron chi connectivity index (χ3n) is 3.53. The molecule has 1 aromatic carbocycles. The topological polar surface area (TPSA) is 55.2 Å². The summed E-state index contributed by atoms with van der Waals surface area (Å²) in [5.74, 6) is -0.848. The average Bonchev–Trinajstić information content (AvgIpc) is 2.97. The van der Waals surface area contributed by atoms with Crippen LogP contribution in [0.1, 0.15) is 21.5 Å². The number of carbonyl (C=O) groups excluding carboxylic acids is 2. The van der Waals surface area contributed by atoms with E-state index < -0.39 is 11.7 Å². The Balaban J connectivity index is 1.93. The monoisotopic (exact) mass is 269 g/mol. The molecule has 1 aromatic heterocycles. The molecule has 0 N–H and O–H groups in total. The van der Waals surface area contributed by atoms with E-state index in [-0.39, 0.29) is 0 Å². The Hall–Kier alpha value is -2.43. The van der Waals surface area contributed by atoms with Gasteiger partial charge in [-0.15, -0.1) is 0 Å². The summed E-state index contributed by atoms with van der Waals surface area (Å²) < 4.78 is 1.75. The van der Waals surface area contributed by atoms with Crippen LogP contribution in [0.25, 0.3) is 0 Å². The molecule has 0 spiro atoms. The lowest BCUT2D eigenvalue weighted by Gasteiger charge is -2.17. The van der Waals surface area contributed by atoms with Gasteiger partial charge in [-0.05, 0) is 37.1 Å². The fourth-order valence-corrected chi connectivity index (χ4v) is 2.65. The van der Waals surface area contributed by atoms with E-state index in [4.69, 9.17) is 0 Å². The highest BCUT2D eigenvalue weighted by Crippen LogP contribution is 2.32. The van der Waals surface area contributed by atoms with E-state index in [2.05, 4.69) is 5.10 Å². The van der Waals surface area contributed by atoms with Gasteiger partial charge in [0, 0.05) is 18.9 Å². The Morgan fingerprint density at radius 3 is 2.65 bits per heavy atom. The molecule has 5 heteroatoms. The number of Topliss-reactive ketones (excluding diaryl/α,β-unsaturated/α-hetero) is 1. The third-order valence-corrected chi connectivity index (χ3v) is 3.53. The first-order valence-corrected chi connectivity index (χ1v) is 6.53. The molecule has 1 aliphatic heterocycles. The lowest BCUT2D eigenvalue weighted by molar-refractivity contribution is -0.114. The average molecular weight is 269 g/mol. The van der Waals surface area contributed by atoms with Gasteiger partial charge in [0.1, 0.15) is 0 Å². The van der Waals surface area contributed by atoms with Gasteiger partial charge in [-0.3, -0.25) is 14.3 Å². The molecule has 0 unspecified atom stereocenters. The van der Waals surface area contributed by atoms with Crippen molar-refractivity contribution in [1.29, 1.82) is 0 Å². The Labute approximate surface area is 116 Å². The van der Waals surface area contributed by atoms with E-state index in [0.29, 0.717) is 18.7 Å². The lowest BCUT2D eigenvalue weighted by atomic mass is 10.0. The molecular weight excluding hydrogens is 254 g/mol. The van der Waals surface area contributed by atoms with Crippen LogP contribution in [0.15, 0.2) is 30.6 Å². The van der Waals surface area contributed by atoms with Crippen molar-refractivity contribution < 1.29 is 9.59 Å². The van der Waals surface area contributed by atoms with Crippen molar-refractivity contribution in [3.8, 4) is 0 Å². The van der Waals surface area contributed by atoms with Crippen LogP contribution < -0.4 is 4.90 Å². The molecule has 5 nitrogen and oxygen atoms in total. The Morgan fingerprint density at radius 2 is 1.95 bits per heavy atom. The molecule has 1 amide bonds. The highest BCUT2D eigenvalue weighted by Gasteiger charge is 2.36. The van der Waals surface area contributed by atoms with Crippen LogP contribution >= 0.6 is 0 Å². The van der Waals surface area contributed by atoms with E-state index in [9.17, 15) is 9.59 Å². The largest absolute Gasteiger partial charge is 0.303 e. The molecule has 1 aliphatic rings. The lowest BCUT2D eigenvalue weighted by Crippen LogP contribution is -2.32. The van der Waals surface area contributed by atoms with Gasteiger partial charge in [-0.1, -0.05) is 6.07 Å². The van der Waals surface area contributed by atoms with Crippen molar-refractivity contribution in [1.82, 2.24) is 9.78 Å². The standard InChI is InChI=1S/C15H15N3O2/c1-10-8-11(2)13-12(9-10)18(15(20)14(13)19)7-6-17-5-3-4-16-17/h3-5,8-9H,6-7H2,1-2H3. The molecule has 102 valence electrons. The molecule has 20 heavy (non-hydrogen) atoms. The molecule has 0 bridgehead atoms. The van der Waals surface area contributed by atoms with Crippen molar-refractivity contribution in [3.05, 3.63) is 47.3 Å². The number of rotatable bonds is 3. The number of hydrogen-bond acceptors (Lipinski definition) is 3. The molecule has 0 fully saturated rings. The minimum Gasteiger partial charge on any atom is -0.303 e. The number of benzene rings is 1. The number of amides is 1. The van der Waals surface area contributed by atoms with Crippen molar-refractivity contribution in [2.45, 2.75) is 20.4 Å². The van der Waals surface area contributed by atoms with Gasteiger partial charge < -0.3 is 4.90 Å². The van der Waals surface area contributed by atoms with Gasteiger partial charge in [0.15, 0.2) is 0 Å². The van der Waals surface area contributed by atoms with E-state index in [1.807, 2.05) is 38.2 Å². The smallest absolute Gasteiger partial charge is 0.299 e. The maximum Gasteiger partial charge on any atom is 0.299 e. The molecule has 2 aromatic rings. The van der Waals surface area contributed by atoms with Gasteiger partial charge in [0.2, 0.25) is 0 Å². The zero-order chi connectivity index (χ0) is 14.3. The zero-order valence-corrected chi connectivity index (χ0v) is 11.5. The Morgan fingerprint density at radius 1 is 1.15 bits per heavy atom. The Bertz CT molecular complexity index is 689. The highest BCUT2D eigenvalue weighted by molar-refractivity contribution is 6.52. The van der Waals surface area contributed by atoms with Crippen LogP contribution in [0.2, 0.25) is 0 Å². The van der Waals surface area contributed by atoms with Crippen molar-refractivity contribution in [2.24, 2.45) is 0 Å². The second-order valence-corrected chi connectivity index (χ2v) is 5.03. The molecule has 2 heterocycles. The minimum atomic E-state index is -0.444. The van der Waals surface area contributed by atoms with E-state index in [1.165, 1.54) is 0 Å². The first-order chi connectivity index (χ1) is 9.58. The predicted octanol–water partition coefficient (Wildman–Crippen LogP) is 1.73. The van der Waals surface area contributed by atoms with Crippen LogP contribution in [0.3, 0.4) is 0 Å². The molecule has 0 radical (unpaired) electrons. The summed E-state index contributed by atoms with van der Waals surface area (Å²) in [6.45, 7) is 4.85. The summed E-state index contributed by atoms with van der Waals surface area (Å²) in [6, 6.07) is 5.66. The minimum absolute atomic E-state index is 0.405. The zero-order valence-electron chi connectivity index (χ0n) is 11.5. The second-order valence-electron chi connectivity index (χ2n) is 5.03. The van der Waals surface area contributed by atoms with Gasteiger partial charge >= 0.3 is 0 Å². The summed E-state index contributed by atoms with van der Waals surface area (Å²) in [5, 5.41) is 4.11. The van der Waals surface area contributed by atoms with Gasteiger partial charge in [-0.2, -0.15) is 5.10 Å². The summed E-state index contributed by atoms with van der Waals surface area (Å²) in [6.07, 6.45) is 3.53. The first-order valence-electron chi connectivity index (χ1n) is 6.53. The van der Waals surface area contributed by atoms with Crippen LogP contribution in [-0.2, 0) is 11.3 Å². The predicted molar refractivity (Wildman–Crippen MR) is 74.8 cm³/mol. The van der Waals surface area contributed by atoms with Gasteiger partial charge in [0.05, 0.1) is 17.8 Å². The molecule has 3 rings (SSSR count). The van der Waals surface area contributed by atoms with Crippen LogP contribution in [0, 0.1) is 13.8 Å². The maximum absolute atomic E-state index is 12.1. The summed E-state index contributed by atoms with van der Waals surface area (Å²) >= 11 is 0. The number of carbonyl (C=O) groups is 2. The number of aromatic nitrogens is 2. The molecule has 0 atom stereocenters. The summed E-state index contributed by atoms with van der Waals surface area (Å²) in [7, 11) is 0. The summed E-state index contributed by atoms with van der Waals surface area (Å²) in [4.78, 5) is 25.8. The van der Waals surface area contributed by atoms with E-state index >= 15 is 0 Å². The van der Waals surface area contributed by atoms with Crippen molar-refractivity contribution in [3.63, 3.8) is 0 Å². The third kappa shape index (κ3) is 1.91. The number of anilines is 1. The first kappa shape index (κ1) is 12.6.